The fourth-order valence-electron chi connectivity index (χ4n) is 2.25. The molecule has 0 aliphatic carbocycles. The van der Waals surface area contributed by atoms with Gasteiger partial charge in [0, 0.05) is 36.9 Å². The number of benzene rings is 1. The summed E-state index contributed by atoms with van der Waals surface area (Å²) < 4.78 is 0. The van der Waals surface area contributed by atoms with Crippen LogP contribution in [0.15, 0.2) is 30.5 Å². The van der Waals surface area contributed by atoms with Crippen LogP contribution in [-0.4, -0.2) is 24.6 Å². The average molecular weight is 243 g/mol. The first-order valence-electron chi connectivity index (χ1n) is 6.67. The van der Waals surface area contributed by atoms with Crippen LogP contribution in [0.5, 0.6) is 0 Å². The van der Waals surface area contributed by atoms with Crippen LogP contribution in [0.1, 0.15) is 20.8 Å². The summed E-state index contributed by atoms with van der Waals surface area (Å²) in [5.41, 5.74) is 1.26. The Bertz CT molecular complexity index is 518. The molecule has 1 heterocycles. The van der Waals surface area contributed by atoms with Gasteiger partial charge in [0.05, 0.1) is 0 Å². The Kier molecular flexibility index (Phi) is 4.03. The number of hydrogen-bond acceptors (Lipinski definition) is 3. The summed E-state index contributed by atoms with van der Waals surface area (Å²) >= 11 is 0. The number of nitrogens with one attached hydrogen (secondary N) is 1. The molecule has 0 saturated carbocycles. The van der Waals surface area contributed by atoms with E-state index in [2.05, 4.69) is 60.2 Å². The van der Waals surface area contributed by atoms with Crippen molar-refractivity contribution in [2.45, 2.75) is 20.8 Å². The maximum absolute atomic E-state index is 4.42. The van der Waals surface area contributed by atoms with Crippen LogP contribution in [0.25, 0.3) is 10.8 Å². The third kappa shape index (κ3) is 2.40. The molecule has 96 valence electrons. The first kappa shape index (κ1) is 12.7. The first-order chi connectivity index (χ1) is 8.80. The Hall–Kier alpha value is -1.77. The highest BCUT2D eigenvalue weighted by molar-refractivity contribution is 5.94. The SMILES string of the molecule is CCNc1nccc2ccc(N(CC)CC)cc12. The lowest BCUT2D eigenvalue weighted by atomic mass is 10.1. The zero-order valence-corrected chi connectivity index (χ0v) is 11.4. The molecular formula is C15H21N3. The van der Waals surface area contributed by atoms with Gasteiger partial charge >= 0.3 is 0 Å². The first-order valence-corrected chi connectivity index (χ1v) is 6.67. The predicted molar refractivity (Wildman–Crippen MR) is 79.5 cm³/mol. The molecule has 0 spiro atoms. The van der Waals surface area contributed by atoms with E-state index in [1.807, 2.05) is 6.20 Å². The standard InChI is InChI=1S/C15H21N3/c1-4-16-15-14-11-13(18(5-2)6-3)8-7-12(14)9-10-17-15/h7-11H,4-6H2,1-3H3,(H,16,17). The fraction of sp³-hybridized carbons (Fsp3) is 0.400. The van der Waals surface area contributed by atoms with E-state index in [0.29, 0.717) is 0 Å². The minimum absolute atomic E-state index is 0.890. The maximum atomic E-state index is 4.42. The molecule has 0 aliphatic heterocycles. The summed E-state index contributed by atoms with van der Waals surface area (Å²) in [4.78, 5) is 6.77. The maximum Gasteiger partial charge on any atom is 0.133 e. The van der Waals surface area contributed by atoms with Crippen LogP contribution < -0.4 is 10.2 Å². The third-order valence-electron chi connectivity index (χ3n) is 3.22. The summed E-state index contributed by atoms with van der Waals surface area (Å²) in [6, 6.07) is 8.64. The minimum Gasteiger partial charge on any atom is -0.372 e. The van der Waals surface area contributed by atoms with Gasteiger partial charge in [0.25, 0.3) is 0 Å². The molecule has 0 atom stereocenters. The molecule has 0 unspecified atom stereocenters. The molecule has 0 saturated heterocycles. The van der Waals surface area contributed by atoms with E-state index in [0.717, 1.165) is 25.5 Å². The van der Waals surface area contributed by atoms with E-state index in [9.17, 15) is 0 Å². The normalized spacial score (nSPS) is 10.6. The van der Waals surface area contributed by atoms with Crippen molar-refractivity contribution in [3.63, 3.8) is 0 Å². The van der Waals surface area contributed by atoms with Gasteiger partial charge in [0.15, 0.2) is 0 Å². The monoisotopic (exact) mass is 243 g/mol. The van der Waals surface area contributed by atoms with Gasteiger partial charge in [-0.2, -0.15) is 0 Å². The number of fused-ring (bicyclic) bond motifs is 1. The molecule has 3 heteroatoms. The molecule has 0 amide bonds. The van der Waals surface area contributed by atoms with Crippen molar-refractivity contribution in [2.24, 2.45) is 0 Å². The van der Waals surface area contributed by atoms with E-state index >= 15 is 0 Å². The lowest BCUT2D eigenvalue weighted by molar-refractivity contribution is 0.867. The molecule has 18 heavy (non-hydrogen) atoms. The van der Waals surface area contributed by atoms with Crippen LogP contribution in [0.2, 0.25) is 0 Å². The number of pyridine rings is 1. The highest BCUT2D eigenvalue weighted by Gasteiger charge is 2.06. The molecule has 2 aromatic rings. The van der Waals surface area contributed by atoms with Crippen LogP contribution >= 0.6 is 0 Å². The number of nitrogens with zero attached hydrogens (tertiary/aromatic N) is 2. The molecule has 1 aromatic carbocycles. The highest BCUT2D eigenvalue weighted by atomic mass is 15.1. The van der Waals surface area contributed by atoms with Gasteiger partial charge in [-0.1, -0.05) is 6.07 Å². The molecule has 1 aromatic heterocycles. The van der Waals surface area contributed by atoms with Crippen molar-refractivity contribution in [1.82, 2.24) is 4.98 Å². The summed E-state index contributed by atoms with van der Waals surface area (Å²) in [5.74, 6) is 0.976. The smallest absolute Gasteiger partial charge is 0.133 e. The van der Waals surface area contributed by atoms with Gasteiger partial charge in [0.2, 0.25) is 0 Å². The largest absolute Gasteiger partial charge is 0.372 e. The Morgan fingerprint density at radius 3 is 2.56 bits per heavy atom. The predicted octanol–water partition coefficient (Wildman–Crippen LogP) is 3.51. The van der Waals surface area contributed by atoms with Gasteiger partial charge in [-0.15, -0.1) is 0 Å². The number of anilines is 2. The van der Waals surface area contributed by atoms with E-state index in [1.54, 1.807) is 0 Å². The van der Waals surface area contributed by atoms with Crippen molar-refractivity contribution in [1.29, 1.82) is 0 Å². The summed E-state index contributed by atoms with van der Waals surface area (Å²) in [5, 5.41) is 5.75. The van der Waals surface area contributed by atoms with Gasteiger partial charge in [-0.25, -0.2) is 4.98 Å². The van der Waals surface area contributed by atoms with Gasteiger partial charge in [0.1, 0.15) is 5.82 Å². The minimum atomic E-state index is 0.890. The Morgan fingerprint density at radius 2 is 1.89 bits per heavy atom. The van der Waals surface area contributed by atoms with E-state index in [4.69, 9.17) is 0 Å². The van der Waals surface area contributed by atoms with E-state index in [1.165, 1.54) is 16.5 Å². The van der Waals surface area contributed by atoms with Gasteiger partial charge in [-0.05, 0) is 44.4 Å². The summed E-state index contributed by atoms with van der Waals surface area (Å²) in [7, 11) is 0. The fourth-order valence-corrected chi connectivity index (χ4v) is 2.25. The van der Waals surface area contributed by atoms with Crippen molar-refractivity contribution in [3.8, 4) is 0 Å². The van der Waals surface area contributed by atoms with Crippen LogP contribution in [0.3, 0.4) is 0 Å². The Morgan fingerprint density at radius 1 is 1.11 bits per heavy atom. The van der Waals surface area contributed by atoms with Crippen molar-refractivity contribution in [2.75, 3.05) is 29.9 Å². The molecule has 1 N–H and O–H groups in total. The molecule has 3 nitrogen and oxygen atoms in total. The second-order valence-electron chi connectivity index (χ2n) is 4.27. The van der Waals surface area contributed by atoms with Crippen molar-refractivity contribution >= 4 is 22.3 Å². The molecule has 2 rings (SSSR count). The Labute approximate surface area is 109 Å². The zero-order chi connectivity index (χ0) is 13.0. The van der Waals surface area contributed by atoms with Gasteiger partial charge < -0.3 is 10.2 Å². The van der Waals surface area contributed by atoms with Crippen molar-refractivity contribution < 1.29 is 0 Å². The summed E-state index contributed by atoms with van der Waals surface area (Å²) in [6.45, 7) is 9.40. The van der Waals surface area contributed by atoms with Crippen LogP contribution in [0.4, 0.5) is 11.5 Å². The van der Waals surface area contributed by atoms with Crippen molar-refractivity contribution in [3.05, 3.63) is 30.5 Å². The van der Waals surface area contributed by atoms with Crippen LogP contribution in [-0.2, 0) is 0 Å². The quantitative estimate of drug-likeness (QED) is 0.871. The van der Waals surface area contributed by atoms with Gasteiger partial charge in [-0.3, -0.25) is 0 Å². The van der Waals surface area contributed by atoms with E-state index < -0.39 is 0 Å². The number of aromatic nitrogens is 1. The highest BCUT2D eigenvalue weighted by Crippen LogP contribution is 2.26. The lowest BCUT2D eigenvalue weighted by Gasteiger charge is -2.21. The summed E-state index contributed by atoms with van der Waals surface area (Å²) in [6.07, 6.45) is 1.86. The zero-order valence-electron chi connectivity index (χ0n) is 11.4. The Balaban J connectivity index is 2.51. The number of rotatable bonds is 5. The van der Waals surface area contributed by atoms with Crippen LogP contribution in [0, 0.1) is 0 Å². The second kappa shape index (κ2) is 5.71. The molecule has 0 radical (unpaired) electrons. The topological polar surface area (TPSA) is 28.2 Å². The second-order valence-corrected chi connectivity index (χ2v) is 4.27. The van der Waals surface area contributed by atoms with E-state index in [-0.39, 0.29) is 0 Å². The third-order valence-corrected chi connectivity index (χ3v) is 3.22. The lowest BCUT2D eigenvalue weighted by Crippen LogP contribution is -2.21. The molecule has 0 aliphatic rings. The molecule has 0 fully saturated rings. The number of hydrogen-bond donors (Lipinski definition) is 1. The average Bonchev–Trinajstić information content (AvgIpc) is 2.41. The molecular weight excluding hydrogens is 222 g/mol. The molecule has 0 bridgehead atoms.